The highest BCUT2D eigenvalue weighted by Gasteiger charge is 1.95. The first-order valence-corrected chi connectivity index (χ1v) is 10.1. The highest BCUT2D eigenvalue weighted by atomic mass is 32.1. The van der Waals surface area contributed by atoms with Gasteiger partial charge in [0.05, 0.1) is 14.2 Å². The summed E-state index contributed by atoms with van der Waals surface area (Å²) in [6, 6.07) is 0. The van der Waals surface area contributed by atoms with Gasteiger partial charge >= 0.3 is 11.9 Å². The zero-order chi connectivity index (χ0) is 20.6. The molecule has 0 heterocycles. The van der Waals surface area contributed by atoms with Gasteiger partial charge in [-0.1, -0.05) is 77.9 Å². The van der Waals surface area contributed by atoms with E-state index < -0.39 is 5.97 Å². The molecule has 0 aromatic carbocycles. The van der Waals surface area contributed by atoms with Crippen molar-refractivity contribution >= 4 is 24.6 Å². The summed E-state index contributed by atoms with van der Waals surface area (Å²) in [7, 11) is 2.64. The molecule has 0 saturated carbocycles. The lowest BCUT2D eigenvalue weighted by Gasteiger charge is -2.00. The van der Waals surface area contributed by atoms with Crippen molar-refractivity contribution in [3.63, 3.8) is 0 Å². The van der Waals surface area contributed by atoms with Crippen LogP contribution in [0.15, 0.2) is 24.8 Å². The second-order valence-electron chi connectivity index (χ2n) is 5.90. The molecular weight excluding hydrogens is 348 g/mol. The standard InChI is InChI=1S/C12H26S.C5H8O2.C4H6O2/c1-2-3-4-5-6-7-8-9-10-11-12-13;1-4(2)5(6)7-3;1-3-4(5)6-2/h13H,2-12H2,1H3;1H2,2-3H3;3H,1H2,2H3. The lowest BCUT2D eigenvalue weighted by Crippen LogP contribution is -1.98. The normalized spacial score (nSPS) is 8.96. The Labute approximate surface area is 166 Å². The summed E-state index contributed by atoms with van der Waals surface area (Å²) in [6.45, 7) is 10.4. The number of hydrogen-bond acceptors (Lipinski definition) is 5. The van der Waals surface area contributed by atoms with Gasteiger partial charge in [-0.25, -0.2) is 9.59 Å². The van der Waals surface area contributed by atoms with Gasteiger partial charge in [-0.2, -0.15) is 12.6 Å². The minimum absolute atomic E-state index is 0.347. The number of unbranched alkanes of at least 4 members (excludes halogenated alkanes) is 9. The third kappa shape index (κ3) is 30.6. The molecule has 0 atom stereocenters. The van der Waals surface area contributed by atoms with Crippen molar-refractivity contribution in [3.8, 4) is 0 Å². The summed E-state index contributed by atoms with van der Waals surface area (Å²) in [5.41, 5.74) is 0.433. The van der Waals surface area contributed by atoms with Crippen LogP contribution in [0.25, 0.3) is 0 Å². The van der Waals surface area contributed by atoms with Crippen molar-refractivity contribution in [2.24, 2.45) is 0 Å². The van der Waals surface area contributed by atoms with Crippen LogP contribution in [0, 0.1) is 0 Å². The summed E-state index contributed by atoms with van der Waals surface area (Å²) >= 11 is 4.20. The molecule has 0 aliphatic rings. The third-order valence-corrected chi connectivity index (χ3v) is 3.73. The van der Waals surface area contributed by atoms with Crippen LogP contribution in [0.3, 0.4) is 0 Å². The van der Waals surface area contributed by atoms with Gasteiger partial charge in [-0.3, -0.25) is 0 Å². The molecule has 0 bridgehead atoms. The molecule has 0 aliphatic heterocycles. The fraction of sp³-hybridized carbons (Fsp3) is 0.714. The van der Waals surface area contributed by atoms with Crippen LogP contribution in [-0.2, 0) is 19.1 Å². The number of rotatable bonds is 12. The van der Waals surface area contributed by atoms with Gasteiger partial charge in [0.25, 0.3) is 0 Å². The minimum Gasteiger partial charge on any atom is -0.466 e. The molecule has 0 N–H and O–H groups in total. The lowest BCUT2D eigenvalue weighted by molar-refractivity contribution is -0.136. The van der Waals surface area contributed by atoms with Crippen LogP contribution in [0.1, 0.15) is 78.1 Å². The van der Waals surface area contributed by atoms with E-state index in [0.29, 0.717) is 5.57 Å². The van der Waals surface area contributed by atoms with Crippen LogP contribution in [0.5, 0.6) is 0 Å². The average molecular weight is 389 g/mol. The van der Waals surface area contributed by atoms with Crippen molar-refractivity contribution in [1.29, 1.82) is 0 Å². The van der Waals surface area contributed by atoms with Gasteiger partial charge in [0.1, 0.15) is 0 Å². The number of carbonyl (C=O) groups excluding carboxylic acids is 2. The van der Waals surface area contributed by atoms with Crippen molar-refractivity contribution in [1.82, 2.24) is 0 Å². The Balaban J connectivity index is -0.000000342. The predicted molar refractivity (Wildman–Crippen MR) is 115 cm³/mol. The Morgan fingerprint density at radius 1 is 0.885 bits per heavy atom. The fourth-order valence-corrected chi connectivity index (χ4v) is 2.08. The van der Waals surface area contributed by atoms with E-state index in [2.05, 4.69) is 42.2 Å². The molecule has 0 radical (unpaired) electrons. The van der Waals surface area contributed by atoms with Crippen molar-refractivity contribution in [3.05, 3.63) is 24.8 Å². The number of carbonyl (C=O) groups is 2. The maximum absolute atomic E-state index is 10.2. The molecule has 5 heteroatoms. The Morgan fingerprint density at radius 2 is 1.31 bits per heavy atom. The molecule has 0 rings (SSSR count). The molecule has 26 heavy (non-hydrogen) atoms. The smallest absolute Gasteiger partial charge is 0.332 e. The maximum Gasteiger partial charge on any atom is 0.332 e. The first-order chi connectivity index (χ1) is 12.4. The summed E-state index contributed by atoms with van der Waals surface area (Å²) in [6.07, 6.45) is 15.3. The maximum atomic E-state index is 10.2. The van der Waals surface area contributed by atoms with Crippen LogP contribution in [0.2, 0.25) is 0 Å². The van der Waals surface area contributed by atoms with Gasteiger partial charge in [0.15, 0.2) is 0 Å². The van der Waals surface area contributed by atoms with E-state index in [9.17, 15) is 9.59 Å². The Kier molecular flexibility index (Phi) is 29.5. The first-order valence-electron chi connectivity index (χ1n) is 9.46. The summed E-state index contributed by atoms with van der Waals surface area (Å²) in [5.74, 6) is 0.325. The molecule has 4 nitrogen and oxygen atoms in total. The van der Waals surface area contributed by atoms with Gasteiger partial charge in [-0.05, 0) is 19.1 Å². The zero-order valence-electron chi connectivity index (χ0n) is 17.3. The summed E-state index contributed by atoms with van der Waals surface area (Å²) in [5, 5.41) is 0. The zero-order valence-corrected chi connectivity index (χ0v) is 18.2. The molecule has 0 aliphatic carbocycles. The quantitative estimate of drug-likeness (QED) is 0.195. The molecule has 0 unspecified atom stereocenters. The molecule has 0 spiro atoms. The number of methoxy groups -OCH3 is 2. The fourth-order valence-electron chi connectivity index (χ4n) is 1.86. The topological polar surface area (TPSA) is 52.6 Å². The Hall–Kier alpha value is -1.23. The molecule has 0 saturated heterocycles. The third-order valence-electron chi connectivity index (χ3n) is 3.41. The average Bonchev–Trinajstić information content (AvgIpc) is 2.66. The second kappa shape index (κ2) is 26.0. The van der Waals surface area contributed by atoms with Crippen LogP contribution < -0.4 is 0 Å². The van der Waals surface area contributed by atoms with E-state index in [4.69, 9.17) is 0 Å². The first kappa shape index (κ1) is 29.5. The highest BCUT2D eigenvalue weighted by molar-refractivity contribution is 7.80. The predicted octanol–water partition coefficient (Wildman–Crippen LogP) is 5.92. The van der Waals surface area contributed by atoms with Crippen molar-refractivity contribution in [2.75, 3.05) is 20.0 Å². The van der Waals surface area contributed by atoms with Crippen molar-refractivity contribution < 1.29 is 19.1 Å². The number of hydrogen-bond donors (Lipinski definition) is 1. The van der Waals surface area contributed by atoms with Gasteiger partial charge in [0, 0.05) is 11.6 Å². The van der Waals surface area contributed by atoms with Gasteiger partial charge < -0.3 is 9.47 Å². The molecule has 0 amide bonds. The Bertz CT molecular complexity index is 344. The second-order valence-corrected chi connectivity index (χ2v) is 6.35. The molecule has 0 aromatic heterocycles. The SMILES string of the molecule is C=C(C)C(=O)OC.C=CC(=O)OC.CCCCCCCCCCCCS. The van der Waals surface area contributed by atoms with E-state index in [0.717, 1.165) is 11.8 Å². The van der Waals surface area contributed by atoms with Crippen LogP contribution in [0.4, 0.5) is 0 Å². The molecular formula is C21H40O4S. The monoisotopic (exact) mass is 388 g/mol. The highest BCUT2D eigenvalue weighted by Crippen LogP contribution is 2.10. The number of ether oxygens (including phenoxy) is 2. The Morgan fingerprint density at radius 3 is 1.50 bits per heavy atom. The van der Waals surface area contributed by atoms with Crippen molar-refractivity contribution in [2.45, 2.75) is 78.1 Å². The van der Waals surface area contributed by atoms with E-state index in [-0.39, 0.29) is 5.97 Å². The van der Waals surface area contributed by atoms with E-state index in [1.807, 2.05) is 0 Å². The lowest BCUT2D eigenvalue weighted by atomic mass is 10.1. The van der Waals surface area contributed by atoms with Crippen LogP contribution >= 0.6 is 12.6 Å². The molecule has 0 fully saturated rings. The van der Waals surface area contributed by atoms with E-state index in [1.54, 1.807) is 6.92 Å². The summed E-state index contributed by atoms with van der Waals surface area (Å²) in [4.78, 5) is 20.0. The number of esters is 2. The molecule has 0 aromatic rings. The molecule has 154 valence electrons. The minimum atomic E-state index is -0.394. The van der Waals surface area contributed by atoms with Gasteiger partial charge in [-0.15, -0.1) is 0 Å². The largest absolute Gasteiger partial charge is 0.466 e. The summed E-state index contributed by atoms with van der Waals surface area (Å²) < 4.78 is 8.42. The number of thiol groups is 1. The van der Waals surface area contributed by atoms with E-state index >= 15 is 0 Å². The van der Waals surface area contributed by atoms with E-state index in [1.165, 1.54) is 78.4 Å². The van der Waals surface area contributed by atoms with Crippen LogP contribution in [-0.4, -0.2) is 31.9 Å². The van der Waals surface area contributed by atoms with Gasteiger partial charge in [0.2, 0.25) is 0 Å².